The van der Waals surface area contributed by atoms with Crippen molar-refractivity contribution in [2.75, 3.05) is 23.7 Å². The molecule has 1 aromatic rings. The van der Waals surface area contributed by atoms with E-state index in [2.05, 4.69) is 27.5 Å². The minimum atomic E-state index is -0.159. The van der Waals surface area contributed by atoms with Gasteiger partial charge in [0.05, 0.1) is 6.10 Å². The van der Waals surface area contributed by atoms with Gasteiger partial charge in [-0.3, -0.25) is 0 Å². The molecule has 0 amide bonds. The lowest BCUT2D eigenvalue weighted by molar-refractivity contribution is 0.138. The highest BCUT2D eigenvalue weighted by molar-refractivity contribution is 5.42. The highest BCUT2D eigenvalue weighted by Crippen LogP contribution is 2.25. The fourth-order valence-electron chi connectivity index (χ4n) is 2.47. The summed E-state index contributed by atoms with van der Waals surface area (Å²) in [5, 5.41) is 16.3. The van der Waals surface area contributed by atoms with Crippen LogP contribution in [-0.2, 0) is 0 Å². The van der Waals surface area contributed by atoms with Crippen LogP contribution in [0.2, 0.25) is 0 Å². The van der Waals surface area contributed by atoms with E-state index in [-0.39, 0.29) is 6.10 Å². The largest absolute Gasteiger partial charge is 0.393 e. The zero-order chi connectivity index (χ0) is 13.7. The zero-order valence-electron chi connectivity index (χ0n) is 11.8. The number of nitrogens with zero attached hydrogens (tertiary/aromatic N) is 2. The molecule has 5 heteroatoms. The fraction of sp³-hybridized carbons (Fsp3) is 0.714. The minimum absolute atomic E-state index is 0.159. The Morgan fingerprint density at radius 3 is 2.84 bits per heavy atom. The van der Waals surface area contributed by atoms with Gasteiger partial charge in [0.15, 0.2) is 0 Å². The molecule has 1 fully saturated rings. The maximum Gasteiger partial charge on any atom is 0.224 e. The molecule has 2 atom stereocenters. The van der Waals surface area contributed by atoms with Crippen LogP contribution in [0, 0.1) is 12.8 Å². The summed E-state index contributed by atoms with van der Waals surface area (Å²) < 4.78 is 0. The summed E-state index contributed by atoms with van der Waals surface area (Å²) in [5.41, 5.74) is 0.947. The van der Waals surface area contributed by atoms with Gasteiger partial charge in [0, 0.05) is 30.8 Å². The molecule has 0 spiro atoms. The molecule has 1 heterocycles. The van der Waals surface area contributed by atoms with E-state index in [0.717, 1.165) is 50.3 Å². The van der Waals surface area contributed by atoms with Crippen molar-refractivity contribution in [3.05, 3.63) is 11.8 Å². The summed E-state index contributed by atoms with van der Waals surface area (Å²) in [7, 11) is 0. The van der Waals surface area contributed by atoms with Crippen molar-refractivity contribution in [1.29, 1.82) is 0 Å². The summed E-state index contributed by atoms with van der Waals surface area (Å²) in [6, 6.07) is 1.94. The van der Waals surface area contributed by atoms with E-state index in [1.807, 2.05) is 13.0 Å². The lowest BCUT2D eigenvalue weighted by Gasteiger charge is -2.16. The number of anilines is 2. The van der Waals surface area contributed by atoms with Crippen LogP contribution >= 0.6 is 0 Å². The molecule has 1 aromatic heterocycles. The van der Waals surface area contributed by atoms with E-state index in [9.17, 15) is 5.11 Å². The van der Waals surface area contributed by atoms with Crippen molar-refractivity contribution in [1.82, 2.24) is 9.97 Å². The molecule has 0 aliphatic heterocycles. The van der Waals surface area contributed by atoms with Gasteiger partial charge in [-0.1, -0.05) is 13.3 Å². The van der Waals surface area contributed by atoms with Gasteiger partial charge in [0.25, 0.3) is 0 Å². The van der Waals surface area contributed by atoms with Crippen molar-refractivity contribution >= 4 is 11.8 Å². The molecule has 0 saturated heterocycles. The molecule has 1 aliphatic rings. The third-order valence-corrected chi connectivity index (χ3v) is 3.55. The van der Waals surface area contributed by atoms with Crippen molar-refractivity contribution in [3.63, 3.8) is 0 Å². The summed E-state index contributed by atoms with van der Waals surface area (Å²) in [6.45, 7) is 5.74. The van der Waals surface area contributed by atoms with E-state index in [0.29, 0.717) is 11.9 Å². The van der Waals surface area contributed by atoms with Gasteiger partial charge in [-0.25, -0.2) is 4.98 Å². The third kappa shape index (κ3) is 4.06. The van der Waals surface area contributed by atoms with Gasteiger partial charge in [0.2, 0.25) is 5.95 Å². The third-order valence-electron chi connectivity index (χ3n) is 3.55. The Labute approximate surface area is 114 Å². The molecular formula is C14H24N4O. The highest BCUT2D eigenvalue weighted by atomic mass is 16.3. The summed E-state index contributed by atoms with van der Waals surface area (Å²) >= 11 is 0. The molecule has 3 N–H and O–H groups in total. The Hall–Kier alpha value is -1.36. The van der Waals surface area contributed by atoms with E-state index in [4.69, 9.17) is 0 Å². The molecular weight excluding hydrogens is 240 g/mol. The molecule has 0 aromatic carbocycles. The highest BCUT2D eigenvalue weighted by Gasteiger charge is 2.24. The first kappa shape index (κ1) is 14.1. The SMILES string of the molecule is CCCNc1nc(C)cc(NCC2CCCC2O)n1. The smallest absolute Gasteiger partial charge is 0.224 e. The van der Waals surface area contributed by atoms with E-state index in [1.54, 1.807) is 0 Å². The Kier molecular flexibility index (Phi) is 4.96. The van der Waals surface area contributed by atoms with Crippen LogP contribution in [0.4, 0.5) is 11.8 Å². The van der Waals surface area contributed by atoms with Gasteiger partial charge in [-0.05, 0) is 26.2 Å². The normalized spacial score (nSPS) is 22.5. The maximum atomic E-state index is 9.81. The maximum absolute atomic E-state index is 9.81. The Morgan fingerprint density at radius 1 is 1.32 bits per heavy atom. The van der Waals surface area contributed by atoms with Crippen LogP contribution in [0.25, 0.3) is 0 Å². The Morgan fingerprint density at radius 2 is 2.16 bits per heavy atom. The fourth-order valence-corrected chi connectivity index (χ4v) is 2.47. The van der Waals surface area contributed by atoms with Crippen molar-refractivity contribution in [2.24, 2.45) is 5.92 Å². The van der Waals surface area contributed by atoms with Crippen LogP contribution in [0.1, 0.15) is 38.3 Å². The number of aryl methyl sites for hydroxylation is 1. The molecule has 19 heavy (non-hydrogen) atoms. The predicted octanol–water partition coefficient (Wildman–Crippen LogP) is 2.18. The topological polar surface area (TPSA) is 70.1 Å². The van der Waals surface area contributed by atoms with Crippen LogP contribution in [0.3, 0.4) is 0 Å². The van der Waals surface area contributed by atoms with Gasteiger partial charge >= 0.3 is 0 Å². The van der Waals surface area contributed by atoms with Crippen molar-refractivity contribution in [3.8, 4) is 0 Å². The second-order valence-electron chi connectivity index (χ2n) is 5.28. The minimum Gasteiger partial charge on any atom is -0.393 e. The zero-order valence-corrected chi connectivity index (χ0v) is 11.8. The van der Waals surface area contributed by atoms with E-state index < -0.39 is 0 Å². The molecule has 106 valence electrons. The second-order valence-corrected chi connectivity index (χ2v) is 5.28. The van der Waals surface area contributed by atoms with Gasteiger partial charge in [-0.2, -0.15) is 4.98 Å². The number of hydrogen-bond acceptors (Lipinski definition) is 5. The quantitative estimate of drug-likeness (QED) is 0.734. The Balaban J connectivity index is 1.93. The number of rotatable bonds is 6. The second kappa shape index (κ2) is 6.70. The first-order chi connectivity index (χ1) is 9.19. The van der Waals surface area contributed by atoms with Crippen LogP contribution in [0.15, 0.2) is 6.07 Å². The average molecular weight is 264 g/mol. The number of aromatic nitrogens is 2. The standard InChI is InChI=1S/C14H24N4O/c1-3-7-15-14-17-10(2)8-13(18-14)16-9-11-5-4-6-12(11)19/h8,11-12,19H,3-7,9H2,1-2H3,(H2,15,16,17,18). The molecule has 5 nitrogen and oxygen atoms in total. The number of aliphatic hydroxyl groups is 1. The first-order valence-electron chi connectivity index (χ1n) is 7.20. The number of nitrogens with one attached hydrogen (secondary N) is 2. The van der Waals surface area contributed by atoms with Gasteiger partial charge in [0.1, 0.15) is 5.82 Å². The van der Waals surface area contributed by atoms with Crippen molar-refractivity contribution in [2.45, 2.75) is 45.6 Å². The molecule has 2 unspecified atom stereocenters. The number of hydrogen-bond donors (Lipinski definition) is 3. The Bertz CT molecular complexity index is 410. The van der Waals surface area contributed by atoms with Gasteiger partial charge in [-0.15, -0.1) is 0 Å². The van der Waals surface area contributed by atoms with Crippen LogP contribution < -0.4 is 10.6 Å². The molecule has 0 radical (unpaired) electrons. The molecule has 0 bridgehead atoms. The molecule has 2 rings (SSSR count). The van der Waals surface area contributed by atoms with E-state index >= 15 is 0 Å². The summed E-state index contributed by atoms with van der Waals surface area (Å²) in [6.07, 6.45) is 4.04. The predicted molar refractivity (Wildman–Crippen MR) is 77.4 cm³/mol. The van der Waals surface area contributed by atoms with Gasteiger partial charge < -0.3 is 15.7 Å². The summed E-state index contributed by atoms with van der Waals surface area (Å²) in [4.78, 5) is 8.80. The van der Waals surface area contributed by atoms with Crippen molar-refractivity contribution < 1.29 is 5.11 Å². The lowest BCUT2D eigenvalue weighted by atomic mass is 10.1. The molecule has 1 aliphatic carbocycles. The summed E-state index contributed by atoms with van der Waals surface area (Å²) in [5.74, 6) is 1.86. The van der Waals surface area contributed by atoms with Crippen LogP contribution in [0.5, 0.6) is 0 Å². The van der Waals surface area contributed by atoms with E-state index in [1.165, 1.54) is 0 Å². The lowest BCUT2D eigenvalue weighted by Crippen LogP contribution is -2.22. The van der Waals surface area contributed by atoms with Crippen LogP contribution in [-0.4, -0.2) is 34.3 Å². The average Bonchev–Trinajstić information content (AvgIpc) is 2.79. The molecule has 1 saturated carbocycles. The monoisotopic (exact) mass is 264 g/mol. The number of aliphatic hydroxyl groups excluding tert-OH is 1. The first-order valence-corrected chi connectivity index (χ1v) is 7.20.